The minimum Gasteiger partial charge on any atom is -0.337 e. The van der Waals surface area contributed by atoms with Crippen molar-refractivity contribution in [3.63, 3.8) is 0 Å². The van der Waals surface area contributed by atoms with Crippen LogP contribution in [-0.4, -0.2) is 63.8 Å². The Bertz CT molecular complexity index is 1280. The normalized spacial score (nSPS) is 18.6. The van der Waals surface area contributed by atoms with Crippen LogP contribution in [0.4, 0.5) is 4.39 Å². The smallest absolute Gasteiger partial charge is 0.290 e. The lowest BCUT2D eigenvalue weighted by atomic mass is 9.86. The fourth-order valence-corrected chi connectivity index (χ4v) is 6.10. The van der Waals surface area contributed by atoms with Gasteiger partial charge in [0, 0.05) is 44.1 Å². The summed E-state index contributed by atoms with van der Waals surface area (Å²) < 4.78 is 14.8. The van der Waals surface area contributed by atoms with E-state index in [1.807, 2.05) is 0 Å². The van der Waals surface area contributed by atoms with Crippen molar-refractivity contribution in [2.45, 2.75) is 70.6 Å². The molecule has 2 aromatic rings. The molecule has 9 heteroatoms. The minimum atomic E-state index is -0.597. The molecule has 3 aliphatic rings. The third-order valence-corrected chi connectivity index (χ3v) is 8.27. The highest BCUT2D eigenvalue weighted by atomic mass is 19.1. The van der Waals surface area contributed by atoms with Crippen LogP contribution in [0, 0.1) is 11.7 Å². The van der Waals surface area contributed by atoms with E-state index in [-0.39, 0.29) is 35.9 Å². The standard InChI is InChI=1S/C29H35FN4O4/c30-24-12-11-19(18-25-21-9-4-5-10-22(21)27(36)32-31-25)17-23(24)28(37)33-13-6-14-34(16-15-33)29(38)26(35)20-7-2-1-3-8-20/h11-12,17,20H,1-10,13-16,18H2,(H,32,36). The Kier molecular flexibility index (Phi) is 8.00. The predicted molar refractivity (Wildman–Crippen MR) is 139 cm³/mol. The summed E-state index contributed by atoms with van der Waals surface area (Å²) in [7, 11) is 0. The average molecular weight is 523 g/mol. The van der Waals surface area contributed by atoms with Gasteiger partial charge >= 0.3 is 0 Å². The molecule has 1 saturated carbocycles. The molecule has 1 aromatic carbocycles. The van der Waals surface area contributed by atoms with Crippen LogP contribution in [0.5, 0.6) is 0 Å². The Labute approximate surface area is 221 Å². The van der Waals surface area contributed by atoms with E-state index in [0.29, 0.717) is 25.9 Å². The Balaban J connectivity index is 1.27. The fourth-order valence-electron chi connectivity index (χ4n) is 6.10. The quantitative estimate of drug-likeness (QED) is 0.608. The number of nitrogens with one attached hydrogen (secondary N) is 1. The van der Waals surface area contributed by atoms with Crippen molar-refractivity contribution < 1.29 is 18.8 Å². The van der Waals surface area contributed by atoms with Crippen LogP contribution in [-0.2, 0) is 28.9 Å². The number of benzene rings is 1. The molecular weight excluding hydrogens is 487 g/mol. The predicted octanol–water partition coefficient (Wildman–Crippen LogP) is 3.20. The van der Waals surface area contributed by atoms with Gasteiger partial charge in [-0.05, 0) is 68.2 Å². The summed E-state index contributed by atoms with van der Waals surface area (Å²) >= 11 is 0. The van der Waals surface area contributed by atoms with E-state index in [1.165, 1.54) is 6.07 Å². The maximum Gasteiger partial charge on any atom is 0.290 e. The molecule has 8 nitrogen and oxygen atoms in total. The topological polar surface area (TPSA) is 103 Å². The number of amides is 2. The molecule has 5 rings (SSSR count). The summed E-state index contributed by atoms with van der Waals surface area (Å²) in [6.45, 7) is 1.31. The van der Waals surface area contributed by atoms with E-state index in [2.05, 4.69) is 10.2 Å². The highest BCUT2D eigenvalue weighted by Gasteiger charge is 2.32. The third kappa shape index (κ3) is 5.56. The molecule has 38 heavy (non-hydrogen) atoms. The Morgan fingerprint density at radius 1 is 0.895 bits per heavy atom. The number of carbonyl (C=O) groups excluding carboxylic acids is 3. The second kappa shape index (κ2) is 11.6. The number of nitrogens with zero attached hydrogens (tertiary/aromatic N) is 3. The summed E-state index contributed by atoms with van der Waals surface area (Å²) in [6.07, 6.45) is 9.05. The average Bonchev–Trinajstić information content (AvgIpc) is 3.21. The van der Waals surface area contributed by atoms with Crippen LogP contribution in [0.2, 0.25) is 0 Å². The molecule has 0 radical (unpaired) electrons. The summed E-state index contributed by atoms with van der Waals surface area (Å²) in [5, 5.41) is 6.85. The van der Waals surface area contributed by atoms with Crippen molar-refractivity contribution in [1.82, 2.24) is 20.0 Å². The molecule has 1 aliphatic heterocycles. The number of rotatable bonds is 5. The Morgan fingerprint density at radius 3 is 2.39 bits per heavy atom. The van der Waals surface area contributed by atoms with E-state index < -0.39 is 17.6 Å². The maximum atomic E-state index is 14.8. The highest BCUT2D eigenvalue weighted by molar-refractivity contribution is 6.36. The van der Waals surface area contributed by atoms with Gasteiger partial charge in [0.1, 0.15) is 5.82 Å². The molecule has 1 aromatic heterocycles. The lowest BCUT2D eigenvalue weighted by Crippen LogP contribution is -2.42. The van der Waals surface area contributed by atoms with Crippen molar-refractivity contribution in [1.29, 1.82) is 0 Å². The molecular formula is C29H35FN4O4. The van der Waals surface area contributed by atoms with Crippen LogP contribution in [0.15, 0.2) is 23.0 Å². The maximum absolute atomic E-state index is 14.8. The number of hydrogen-bond acceptors (Lipinski definition) is 5. The minimum absolute atomic E-state index is 0.0150. The monoisotopic (exact) mass is 522 g/mol. The van der Waals surface area contributed by atoms with Gasteiger partial charge in [-0.2, -0.15) is 5.10 Å². The number of Topliss-reactive ketones (excluding diaryl/α,β-unsaturated/α-hetero) is 1. The molecule has 2 fully saturated rings. The van der Waals surface area contributed by atoms with Gasteiger partial charge in [-0.1, -0.05) is 25.3 Å². The number of fused-ring (bicyclic) bond motifs is 1. The van der Waals surface area contributed by atoms with Crippen LogP contribution in [0.1, 0.15) is 84.1 Å². The molecule has 0 unspecified atom stereocenters. The molecule has 0 bridgehead atoms. The van der Waals surface area contributed by atoms with Crippen molar-refractivity contribution >= 4 is 17.6 Å². The molecule has 202 valence electrons. The van der Waals surface area contributed by atoms with E-state index in [4.69, 9.17) is 0 Å². The Morgan fingerprint density at radius 2 is 1.61 bits per heavy atom. The zero-order chi connectivity index (χ0) is 26.6. The van der Waals surface area contributed by atoms with Gasteiger partial charge in [0.15, 0.2) is 0 Å². The van der Waals surface area contributed by atoms with E-state index >= 15 is 0 Å². The molecule has 2 heterocycles. The highest BCUT2D eigenvalue weighted by Crippen LogP contribution is 2.26. The first-order valence-corrected chi connectivity index (χ1v) is 13.9. The van der Waals surface area contributed by atoms with Crippen molar-refractivity contribution in [3.8, 4) is 0 Å². The van der Waals surface area contributed by atoms with Gasteiger partial charge < -0.3 is 9.80 Å². The number of carbonyl (C=O) groups is 3. The second-order valence-corrected chi connectivity index (χ2v) is 10.8. The molecule has 0 spiro atoms. The number of ketones is 1. The zero-order valence-electron chi connectivity index (χ0n) is 21.8. The fraction of sp³-hybridized carbons (Fsp3) is 0.552. The third-order valence-electron chi connectivity index (χ3n) is 8.27. The number of hydrogen-bond donors (Lipinski definition) is 1. The SMILES string of the molecule is O=C(C(=O)N1CCCN(C(=O)c2cc(Cc3n[nH]c(=O)c4c3CCCC4)ccc2F)CC1)C1CCCCC1. The van der Waals surface area contributed by atoms with Crippen LogP contribution in [0.25, 0.3) is 0 Å². The van der Waals surface area contributed by atoms with E-state index in [9.17, 15) is 23.6 Å². The lowest BCUT2D eigenvalue weighted by Gasteiger charge is -2.25. The molecule has 2 aliphatic carbocycles. The first-order valence-electron chi connectivity index (χ1n) is 13.9. The van der Waals surface area contributed by atoms with E-state index in [0.717, 1.165) is 80.2 Å². The summed E-state index contributed by atoms with van der Waals surface area (Å²) in [6, 6.07) is 4.52. The largest absolute Gasteiger partial charge is 0.337 e. The van der Waals surface area contributed by atoms with Gasteiger partial charge in [0.25, 0.3) is 17.4 Å². The van der Waals surface area contributed by atoms with Gasteiger partial charge in [-0.25, -0.2) is 9.49 Å². The number of halogens is 1. The van der Waals surface area contributed by atoms with Gasteiger partial charge in [0.05, 0.1) is 11.3 Å². The zero-order valence-corrected chi connectivity index (χ0v) is 21.8. The molecule has 0 atom stereocenters. The number of aromatic nitrogens is 2. The Hall–Kier alpha value is -3.36. The first kappa shape index (κ1) is 26.3. The summed E-state index contributed by atoms with van der Waals surface area (Å²) in [5.41, 5.74) is 3.09. The molecule has 2 amide bonds. The number of aromatic amines is 1. The van der Waals surface area contributed by atoms with E-state index in [1.54, 1.807) is 21.9 Å². The summed E-state index contributed by atoms with van der Waals surface area (Å²) in [5.74, 6) is -1.96. The van der Waals surface area contributed by atoms with Crippen LogP contribution >= 0.6 is 0 Å². The molecule has 1 saturated heterocycles. The first-order chi connectivity index (χ1) is 18.4. The van der Waals surface area contributed by atoms with Gasteiger partial charge in [-0.15, -0.1) is 0 Å². The van der Waals surface area contributed by atoms with Crippen molar-refractivity contribution in [2.75, 3.05) is 26.2 Å². The summed E-state index contributed by atoms with van der Waals surface area (Å²) in [4.78, 5) is 54.3. The van der Waals surface area contributed by atoms with Crippen molar-refractivity contribution in [2.24, 2.45) is 5.92 Å². The van der Waals surface area contributed by atoms with Crippen LogP contribution < -0.4 is 5.56 Å². The molecule has 1 N–H and O–H groups in total. The van der Waals surface area contributed by atoms with Crippen LogP contribution in [0.3, 0.4) is 0 Å². The number of H-pyrrole nitrogens is 1. The van der Waals surface area contributed by atoms with Gasteiger partial charge in [0.2, 0.25) is 5.78 Å². The second-order valence-electron chi connectivity index (χ2n) is 10.8. The van der Waals surface area contributed by atoms with Gasteiger partial charge in [-0.3, -0.25) is 19.2 Å². The van der Waals surface area contributed by atoms with Crippen molar-refractivity contribution in [3.05, 3.63) is 62.3 Å². The lowest BCUT2D eigenvalue weighted by molar-refractivity contribution is -0.147.